The molecular formula is C22H39N3O4. The molecule has 0 aromatic carbocycles. The normalized spacial score (nSPS) is 25.1. The van der Waals surface area contributed by atoms with Crippen LogP contribution in [0.2, 0.25) is 0 Å². The molecule has 1 atom stereocenters. The number of piperidine rings is 2. The van der Waals surface area contributed by atoms with E-state index in [1.54, 1.807) is 4.90 Å². The lowest BCUT2D eigenvalue weighted by atomic mass is 9.92. The summed E-state index contributed by atoms with van der Waals surface area (Å²) in [5.41, 5.74) is -0.541. The van der Waals surface area contributed by atoms with Crippen LogP contribution >= 0.6 is 0 Å². The number of carbonyl (C=O) groups excluding carboxylic acids is 2. The van der Waals surface area contributed by atoms with Crippen molar-refractivity contribution >= 4 is 12.0 Å². The van der Waals surface area contributed by atoms with E-state index in [1.807, 2.05) is 25.7 Å². The summed E-state index contributed by atoms with van der Waals surface area (Å²) in [7, 11) is 0. The topological polar surface area (TPSA) is 62.3 Å². The van der Waals surface area contributed by atoms with Gasteiger partial charge in [0.25, 0.3) is 0 Å². The maximum Gasteiger partial charge on any atom is 0.410 e. The summed E-state index contributed by atoms with van der Waals surface area (Å²) < 4.78 is 11.0. The predicted molar refractivity (Wildman–Crippen MR) is 112 cm³/mol. The summed E-state index contributed by atoms with van der Waals surface area (Å²) >= 11 is 0. The zero-order chi connectivity index (χ0) is 20.9. The van der Waals surface area contributed by atoms with E-state index >= 15 is 0 Å². The van der Waals surface area contributed by atoms with Crippen LogP contribution in [-0.2, 0) is 14.3 Å². The van der Waals surface area contributed by atoms with Gasteiger partial charge in [0.2, 0.25) is 5.91 Å². The van der Waals surface area contributed by atoms with Crippen molar-refractivity contribution in [1.29, 1.82) is 0 Å². The Labute approximate surface area is 175 Å². The number of rotatable bonds is 4. The fraction of sp³-hybridized carbons (Fsp3) is 0.909. The molecule has 0 spiro atoms. The van der Waals surface area contributed by atoms with Crippen LogP contribution in [0.25, 0.3) is 0 Å². The van der Waals surface area contributed by atoms with Crippen LogP contribution < -0.4 is 0 Å². The quantitative estimate of drug-likeness (QED) is 0.714. The fourth-order valence-electron chi connectivity index (χ4n) is 4.57. The molecule has 0 aliphatic carbocycles. The zero-order valence-electron chi connectivity index (χ0n) is 18.5. The molecule has 3 rings (SSSR count). The second-order valence-electron chi connectivity index (χ2n) is 9.70. The van der Waals surface area contributed by atoms with E-state index in [9.17, 15) is 9.59 Å². The Hall–Kier alpha value is -1.34. The molecule has 7 heteroatoms. The van der Waals surface area contributed by atoms with E-state index in [0.29, 0.717) is 12.5 Å². The Balaban J connectivity index is 1.47. The molecule has 166 valence electrons. The van der Waals surface area contributed by atoms with Crippen LogP contribution in [0.15, 0.2) is 0 Å². The van der Waals surface area contributed by atoms with Gasteiger partial charge in [-0.3, -0.25) is 14.6 Å². The van der Waals surface area contributed by atoms with Gasteiger partial charge < -0.3 is 14.4 Å². The zero-order valence-corrected chi connectivity index (χ0v) is 18.5. The average molecular weight is 410 g/mol. The van der Waals surface area contributed by atoms with Crippen LogP contribution in [0.3, 0.4) is 0 Å². The van der Waals surface area contributed by atoms with Gasteiger partial charge >= 0.3 is 6.09 Å². The molecule has 0 N–H and O–H groups in total. The second-order valence-corrected chi connectivity index (χ2v) is 9.70. The van der Waals surface area contributed by atoms with Crippen molar-refractivity contribution in [3.05, 3.63) is 0 Å². The Bertz CT molecular complexity index is 549. The lowest BCUT2D eigenvalue weighted by Crippen LogP contribution is -2.55. The van der Waals surface area contributed by atoms with E-state index in [1.165, 1.54) is 6.42 Å². The van der Waals surface area contributed by atoms with Gasteiger partial charge in [0.15, 0.2) is 0 Å². The summed E-state index contributed by atoms with van der Waals surface area (Å²) in [4.78, 5) is 32.0. The fourth-order valence-corrected chi connectivity index (χ4v) is 4.57. The molecular weight excluding hydrogens is 370 g/mol. The third-order valence-corrected chi connectivity index (χ3v) is 6.30. The molecule has 0 radical (unpaired) electrons. The smallest absolute Gasteiger partial charge is 0.410 e. The standard InChI is InChI=1S/C22H39N3O4/c1-22(2,3)29-21(27)25-10-5-4-6-19(25)20(26)24-12-8-18(9-13-24)7-11-23-14-16-28-17-15-23/h18-19H,4-17H2,1-3H3. The Morgan fingerprint density at radius 1 is 0.966 bits per heavy atom. The molecule has 3 saturated heterocycles. The molecule has 1 unspecified atom stereocenters. The third kappa shape index (κ3) is 6.57. The Morgan fingerprint density at radius 2 is 1.66 bits per heavy atom. The van der Waals surface area contributed by atoms with Crippen LogP contribution in [-0.4, -0.2) is 90.8 Å². The van der Waals surface area contributed by atoms with Gasteiger partial charge in [-0.15, -0.1) is 0 Å². The summed E-state index contributed by atoms with van der Waals surface area (Å²) in [6.07, 6.45) is 5.66. The van der Waals surface area contributed by atoms with Crippen molar-refractivity contribution in [2.75, 3.05) is 52.5 Å². The maximum absolute atomic E-state index is 13.2. The van der Waals surface area contributed by atoms with E-state index in [-0.39, 0.29) is 18.0 Å². The van der Waals surface area contributed by atoms with Gasteiger partial charge in [-0.05, 0) is 71.8 Å². The van der Waals surface area contributed by atoms with E-state index in [2.05, 4.69) is 4.90 Å². The van der Waals surface area contributed by atoms with Crippen molar-refractivity contribution in [3.8, 4) is 0 Å². The highest BCUT2D eigenvalue weighted by Crippen LogP contribution is 2.26. The summed E-state index contributed by atoms with van der Waals surface area (Å²) in [5.74, 6) is 0.803. The van der Waals surface area contributed by atoms with Crippen LogP contribution in [0.1, 0.15) is 59.3 Å². The van der Waals surface area contributed by atoms with Gasteiger partial charge in [0, 0.05) is 32.7 Å². The summed E-state index contributed by atoms with van der Waals surface area (Å²) in [6.45, 7) is 12.8. The highest BCUT2D eigenvalue weighted by molar-refractivity contribution is 5.86. The first kappa shape index (κ1) is 22.3. The van der Waals surface area contributed by atoms with Crippen molar-refractivity contribution < 1.29 is 19.1 Å². The first-order chi connectivity index (χ1) is 13.8. The molecule has 3 heterocycles. The highest BCUT2D eigenvalue weighted by Gasteiger charge is 2.37. The number of carbonyl (C=O) groups is 2. The molecule has 29 heavy (non-hydrogen) atoms. The van der Waals surface area contributed by atoms with Crippen molar-refractivity contribution in [2.45, 2.75) is 70.9 Å². The minimum Gasteiger partial charge on any atom is -0.444 e. The average Bonchev–Trinajstić information content (AvgIpc) is 2.71. The minimum atomic E-state index is -0.541. The maximum atomic E-state index is 13.2. The molecule has 0 aromatic rings. The lowest BCUT2D eigenvalue weighted by Gasteiger charge is -2.40. The molecule has 3 aliphatic rings. The van der Waals surface area contributed by atoms with Crippen LogP contribution in [0.5, 0.6) is 0 Å². The Kier molecular flexibility index (Phi) is 7.79. The van der Waals surface area contributed by atoms with Gasteiger partial charge in [-0.25, -0.2) is 4.79 Å². The third-order valence-electron chi connectivity index (χ3n) is 6.30. The highest BCUT2D eigenvalue weighted by atomic mass is 16.6. The molecule has 3 aliphatic heterocycles. The molecule has 7 nitrogen and oxygen atoms in total. The molecule has 0 aromatic heterocycles. The number of amides is 2. The summed E-state index contributed by atoms with van der Waals surface area (Å²) in [5, 5.41) is 0. The molecule has 0 saturated carbocycles. The van der Waals surface area contributed by atoms with Crippen molar-refractivity contribution in [3.63, 3.8) is 0 Å². The minimum absolute atomic E-state index is 0.113. The molecule has 2 amide bonds. The van der Waals surface area contributed by atoms with E-state index in [4.69, 9.17) is 9.47 Å². The number of hydrogen-bond donors (Lipinski definition) is 0. The van der Waals surface area contributed by atoms with E-state index < -0.39 is 5.60 Å². The lowest BCUT2D eigenvalue weighted by molar-refractivity contribution is -0.139. The summed E-state index contributed by atoms with van der Waals surface area (Å²) in [6, 6.07) is -0.358. The predicted octanol–water partition coefficient (Wildman–Crippen LogP) is 2.74. The first-order valence-corrected chi connectivity index (χ1v) is 11.4. The monoisotopic (exact) mass is 409 g/mol. The first-order valence-electron chi connectivity index (χ1n) is 11.4. The van der Waals surface area contributed by atoms with Gasteiger partial charge in [-0.2, -0.15) is 0 Å². The number of morpholine rings is 1. The van der Waals surface area contributed by atoms with Gasteiger partial charge in [0.05, 0.1) is 13.2 Å². The Morgan fingerprint density at radius 3 is 2.31 bits per heavy atom. The van der Waals surface area contributed by atoms with Gasteiger partial charge in [0.1, 0.15) is 11.6 Å². The van der Waals surface area contributed by atoms with Gasteiger partial charge in [-0.1, -0.05) is 0 Å². The van der Waals surface area contributed by atoms with Crippen molar-refractivity contribution in [1.82, 2.24) is 14.7 Å². The van der Waals surface area contributed by atoms with Crippen molar-refractivity contribution in [2.24, 2.45) is 5.92 Å². The van der Waals surface area contributed by atoms with Crippen LogP contribution in [0, 0.1) is 5.92 Å². The molecule has 3 fully saturated rings. The number of ether oxygens (including phenoxy) is 2. The largest absolute Gasteiger partial charge is 0.444 e. The second kappa shape index (κ2) is 10.1. The SMILES string of the molecule is CC(C)(C)OC(=O)N1CCCCC1C(=O)N1CCC(CCN2CCOCC2)CC1. The molecule has 0 bridgehead atoms. The van der Waals surface area contributed by atoms with Crippen LogP contribution in [0.4, 0.5) is 4.79 Å². The number of likely N-dealkylation sites (tertiary alicyclic amines) is 2. The number of hydrogen-bond acceptors (Lipinski definition) is 5. The van der Waals surface area contributed by atoms with E-state index in [0.717, 1.165) is 78.0 Å². The number of nitrogens with zero attached hydrogens (tertiary/aromatic N) is 3.